The molecule has 1 rings (SSSR count). The second-order valence-electron chi connectivity index (χ2n) is 3.05. The van der Waals surface area contributed by atoms with Gasteiger partial charge in [-0.15, -0.1) is 9.89 Å². The van der Waals surface area contributed by atoms with Gasteiger partial charge < -0.3 is 16.3 Å². The van der Waals surface area contributed by atoms with Crippen molar-refractivity contribution in [3.05, 3.63) is 5.82 Å². The second kappa shape index (κ2) is 6.31. The zero-order chi connectivity index (χ0) is 11.1. The molecule has 0 aliphatic heterocycles. The average Bonchev–Trinajstić information content (AvgIpc) is 2.59. The van der Waals surface area contributed by atoms with Gasteiger partial charge >= 0.3 is 0 Å². The molecule has 1 heterocycles. The van der Waals surface area contributed by atoms with Crippen molar-refractivity contribution in [2.24, 2.45) is 0 Å². The summed E-state index contributed by atoms with van der Waals surface area (Å²) >= 11 is 4.69. The topological polar surface area (TPSA) is 89.0 Å². The number of aliphatic hydroxyl groups excluding tert-OH is 1. The summed E-state index contributed by atoms with van der Waals surface area (Å²) in [7, 11) is 0. The van der Waals surface area contributed by atoms with Crippen LogP contribution in [0.1, 0.15) is 25.1 Å². The highest BCUT2D eigenvalue weighted by molar-refractivity contribution is 7.79. The molecule has 0 bridgehead atoms. The first-order valence-corrected chi connectivity index (χ1v) is 5.27. The summed E-state index contributed by atoms with van der Waals surface area (Å²) in [6, 6.07) is 0. The summed E-state index contributed by atoms with van der Waals surface area (Å²) in [6.07, 6.45) is 2.74. The molecule has 0 radical (unpaired) electrons. The van der Waals surface area contributed by atoms with Crippen molar-refractivity contribution in [2.75, 3.05) is 24.3 Å². The summed E-state index contributed by atoms with van der Waals surface area (Å²) < 4.78 is 0. The number of unbranched alkanes of at least 4 members (excludes halogenated alkanes) is 2. The number of hydrogen-bond acceptors (Lipinski definition) is 6. The molecule has 0 fully saturated rings. The number of nitrogen functional groups attached to an aromatic ring is 1. The Labute approximate surface area is 93.5 Å². The molecule has 0 atom stereocenters. The summed E-state index contributed by atoms with van der Waals surface area (Å²) in [6.45, 7) is 0.977. The minimum Gasteiger partial charge on any atom is -0.396 e. The SMILES string of the molecule is Nc1nc(C=S)nn1NCCCCCO. The van der Waals surface area contributed by atoms with Crippen molar-refractivity contribution in [3.8, 4) is 0 Å². The van der Waals surface area contributed by atoms with Crippen molar-refractivity contribution >= 4 is 23.5 Å². The lowest BCUT2D eigenvalue weighted by Gasteiger charge is -2.05. The molecule has 7 heteroatoms. The molecule has 0 spiro atoms. The van der Waals surface area contributed by atoms with Crippen molar-refractivity contribution in [1.82, 2.24) is 14.9 Å². The van der Waals surface area contributed by atoms with Gasteiger partial charge in [0, 0.05) is 18.5 Å². The third kappa shape index (κ3) is 3.80. The van der Waals surface area contributed by atoms with Crippen LogP contribution in [-0.4, -0.2) is 38.5 Å². The minimum absolute atomic E-state index is 0.237. The molecular formula is C8H15N5OS. The highest BCUT2D eigenvalue weighted by atomic mass is 32.1. The third-order valence-corrected chi connectivity index (χ3v) is 2.06. The van der Waals surface area contributed by atoms with Gasteiger partial charge in [-0.2, -0.15) is 4.98 Å². The molecule has 84 valence electrons. The quantitative estimate of drug-likeness (QED) is 0.447. The van der Waals surface area contributed by atoms with Crippen LogP contribution in [0.25, 0.3) is 0 Å². The van der Waals surface area contributed by atoms with Crippen LogP contribution in [0.15, 0.2) is 0 Å². The number of hydrogen-bond donors (Lipinski definition) is 3. The van der Waals surface area contributed by atoms with Crippen molar-refractivity contribution in [2.45, 2.75) is 19.3 Å². The zero-order valence-corrected chi connectivity index (χ0v) is 9.20. The first-order chi connectivity index (χ1) is 7.27. The normalized spacial score (nSPS) is 10.2. The van der Waals surface area contributed by atoms with Crippen LogP contribution < -0.4 is 11.2 Å². The van der Waals surface area contributed by atoms with Crippen molar-refractivity contribution in [3.63, 3.8) is 0 Å². The van der Waals surface area contributed by atoms with Gasteiger partial charge in [0.2, 0.25) is 5.95 Å². The van der Waals surface area contributed by atoms with Crippen LogP contribution in [0, 0.1) is 0 Å². The van der Waals surface area contributed by atoms with Gasteiger partial charge in [0.15, 0.2) is 5.82 Å². The predicted molar refractivity (Wildman–Crippen MR) is 62.4 cm³/mol. The largest absolute Gasteiger partial charge is 0.396 e. The van der Waals surface area contributed by atoms with Crippen LogP contribution in [0.3, 0.4) is 0 Å². The Morgan fingerprint density at radius 2 is 2.27 bits per heavy atom. The average molecular weight is 229 g/mol. The summed E-state index contributed by atoms with van der Waals surface area (Å²) in [5.74, 6) is 0.735. The standard InChI is InChI=1S/C8H15N5OS/c9-8-11-7(6-15)12-13(8)10-4-2-1-3-5-14/h6,10,14H,1-5H2,(H2,9,11,12). The molecule has 6 nitrogen and oxygen atoms in total. The molecule has 0 aliphatic carbocycles. The molecular weight excluding hydrogens is 214 g/mol. The second-order valence-corrected chi connectivity index (χ2v) is 3.29. The van der Waals surface area contributed by atoms with Gasteiger partial charge in [0.25, 0.3) is 0 Å². The maximum absolute atomic E-state index is 8.58. The fourth-order valence-corrected chi connectivity index (χ4v) is 1.21. The highest BCUT2D eigenvalue weighted by Crippen LogP contribution is 1.97. The molecule has 0 aliphatic rings. The Morgan fingerprint density at radius 1 is 1.47 bits per heavy atom. The van der Waals surface area contributed by atoms with Gasteiger partial charge in [-0.05, 0) is 19.3 Å². The van der Waals surface area contributed by atoms with E-state index in [2.05, 4.69) is 27.7 Å². The molecule has 15 heavy (non-hydrogen) atoms. The Morgan fingerprint density at radius 3 is 2.87 bits per heavy atom. The molecule has 0 saturated carbocycles. The fraction of sp³-hybridized carbons (Fsp3) is 0.625. The van der Waals surface area contributed by atoms with E-state index < -0.39 is 0 Å². The maximum atomic E-state index is 8.58. The number of aromatic nitrogens is 3. The lowest BCUT2D eigenvalue weighted by Crippen LogP contribution is -2.19. The first-order valence-electron chi connectivity index (χ1n) is 4.80. The molecule has 0 aromatic carbocycles. The highest BCUT2D eigenvalue weighted by Gasteiger charge is 2.02. The number of thiocarbonyl (C=S) groups is 1. The first kappa shape index (κ1) is 11.9. The van der Waals surface area contributed by atoms with Gasteiger partial charge in [-0.25, -0.2) is 0 Å². The van der Waals surface area contributed by atoms with Crippen LogP contribution in [0.4, 0.5) is 5.95 Å². The van der Waals surface area contributed by atoms with Crippen LogP contribution in [-0.2, 0) is 0 Å². The van der Waals surface area contributed by atoms with E-state index in [0.717, 1.165) is 25.8 Å². The molecule has 4 N–H and O–H groups in total. The molecule has 0 amide bonds. The van der Waals surface area contributed by atoms with E-state index >= 15 is 0 Å². The maximum Gasteiger partial charge on any atom is 0.239 e. The number of anilines is 1. The van der Waals surface area contributed by atoms with Crippen molar-refractivity contribution in [1.29, 1.82) is 0 Å². The van der Waals surface area contributed by atoms with E-state index in [4.69, 9.17) is 10.8 Å². The smallest absolute Gasteiger partial charge is 0.239 e. The van der Waals surface area contributed by atoms with Gasteiger partial charge in [-0.3, -0.25) is 0 Å². The lowest BCUT2D eigenvalue weighted by atomic mass is 10.2. The van der Waals surface area contributed by atoms with Gasteiger partial charge in [-0.1, -0.05) is 12.2 Å². The predicted octanol–water partition coefficient (Wildman–Crippen LogP) is -0.0858. The van der Waals surface area contributed by atoms with Crippen molar-refractivity contribution < 1.29 is 5.11 Å². The minimum atomic E-state index is 0.237. The van der Waals surface area contributed by atoms with E-state index in [9.17, 15) is 0 Å². The van der Waals surface area contributed by atoms with E-state index in [-0.39, 0.29) is 6.61 Å². The number of nitrogens with one attached hydrogen (secondary N) is 1. The number of nitrogens with zero attached hydrogens (tertiary/aromatic N) is 3. The summed E-state index contributed by atoms with van der Waals surface area (Å²) in [5, 5.41) is 14.0. The molecule has 0 saturated heterocycles. The van der Waals surface area contributed by atoms with Crippen LogP contribution in [0.5, 0.6) is 0 Å². The summed E-state index contributed by atoms with van der Waals surface area (Å²) in [4.78, 5) is 5.33. The molecule has 1 aromatic rings. The van der Waals surface area contributed by atoms with Gasteiger partial charge in [0.05, 0.1) is 0 Å². The van der Waals surface area contributed by atoms with E-state index in [1.165, 1.54) is 10.2 Å². The number of rotatable bonds is 7. The third-order valence-electron chi connectivity index (χ3n) is 1.85. The fourth-order valence-electron chi connectivity index (χ4n) is 1.11. The van der Waals surface area contributed by atoms with E-state index in [1.54, 1.807) is 0 Å². The molecule has 1 aromatic heterocycles. The zero-order valence-electron chi connectivity index (χ0n) is 8.39. The Balaban J connectivity index is 2.30. The van der Waals surface area contributed by atoms with Crippen LogP contribution >= 0.6 is 12.2 Å². The molecule has 0 unspecified atom stereocenters. The number of aliphatic hydroxyl groups is 1. The number of nitrogens with two attached hydrogens (primary N) is 1. The van der Waals surface area contributed by atoms with Gasteiger partial charge in [0.1, 0.15) is 0 Å². The van der Waals surface area contributed by atoms with E-state index in [1.807, 2.05) is 0 Å². The monoisotopic (exact) mass is 229 g/mol. The Bertz CT molecular complexity index is 314. The summed E-state index contributed by atoms with van der Waals surface area (Å²) in [5.41, 5.74) is 8.58. The Hall–Kier alpha value is -1.21. The van der Waals surface area contributed by atoms with E-state index in [0.29, 0.717) is 11.8 Å². The lowest BCUT2D eigenvalue weighted by molar-refractivity contribution is 0.283. The Kier molecular flexibility index (Phi) is 4.99. The van der Waals surface area contributed by atoms with Crippen LogP contribution in [0.2, 0.25) is 0 Å².